The van der Waals surface area contributed by atoms with E-state index in [-0.39, 0.29) is 12.1 Å². The molecule has 1 saturated carbocycles. The zero-order valence-corrected chi connectivity index (χ0v) is 14.1. The van der Waals surface area contributed by atoms with Gasteiger partial charge in [0.25, 0.3) is 0 Å². The van der Waals surface area contributed by atoms with Crippen molar-refractivity contribution in [3.05, 3.63) is 33.8 Å². The van der Waals surface area contributed by atoms with Crippen LogP contribution in [0.3, 0.4) is 0 Å². The number of thiophene rings is 2. The standard InChI is InChI=1S/C17H23NOS2/c1-13-4-2-6-17(9-13,12-19)18-10-15-8-14(11-21-15)16-5-3-7-20-16/h3,5,7-8,11,13,18-19H,2,4,6,9-10,12H2,1H3. The Balaban J connectivity index is 1.64. The van der Waals surface area contributed by atoms with E-state index in [0.29, 0.717) is 5.92 Å². The molecule has 0 spiro atoms. The number of hydrogen-bond donors (Lipinski definition) is 2. The Hall–Kier alpha value is -0.680. The first kappa shape index (κ1) is 15.2. The second-order valence-corrected chi connectivity index (χ2v) is 8.22. The van der Waals surface area contributed by atoms with Gasteiger partial charge in [0.05, 0.1) is 6.61 Å². The highest BCUT2D eigenvalue weighted by molar-refractivity contribution is 7.14. The normalized spacial score (nSPS) is 26.1. The van der Waals surface area contributed by atoms with E-state index in [9.17, 15) is 5.11 Å². The van der Waals surface area contributed by atoms with Gasteiger partial charge < -0.3 is 10.4 Å². The predicted molar refractivity (Wildman–Crippen MR) is 91.9 cm³/mol. The molecule has 2 unspecified atom stereocenters. The molecule has 0 aromatic carbocycles. The molecule has 114 valence electrons. The van der Waals surface area contributed by atoms with E-state index in [0.717, 1.165) is 19.4 Å². The summed E-state index contributed by atoms with van der Waals surface area (Å²) in [4.78, 5) is 2.69. The average molecular weight is 322 g/mol. The molecule has 0 aliphatic heterocycles. The van der Waals surface area contributed by atoms with Gasteiger partial charge in [-0.3, -0.25) is 0 Å². The van der Waals surface area contributed by atoms with E-state index in [4.69, 9.17) is 0 Å². The van der Waals surface area contributed by atoms with E-state index >= 15 is 0 Å². The van der Waals surface area contributed by atoms with Crippen LogP contribution in [0.25, 0.3) is 10.4 Å². The van der Waals surface area contributed by atoms with E-state index in [2.05, 4.69) is 41.2 Å². The number of hydrogen-bond acceptors (Lipinski definition) is 4. The highest BCUT2D eigenvalue weighted by atomic mass is 32.1. The lowest BCUT2D eigenvalue weighted by Gasteiger charge is -2.39. The molecule has 1 fully saturated rings. The SMILES string of the molecule is CC1CCCC(CO)(NCc2cc(-c3cccs3)cs2)C1. The van der Waals surface area contributed by atoms with Crippen LogP contribution in [-0.2, 0) is 6.54 Å². The van der Waals surface area contributed by atoms with Gasteiger partial charge in [0, 0.05) is 27.4 Å². The lowest BCUT2D eigenvalue weighted by Crippen LogP contribution is -2.50. The Morgan fingerprint density at radius 3 is 3.05 bits per heavy atom. The van der Waals surface area contributed by atoms with Crippen LogP contribution in [0.15, 0.2) is 29.0 Å². The summed E-state index contributed by atoms with van der Waals surface area (Å²) >= 11 is 3.59. The third-order valence-electron chi connectivity index (χ3n) is 4.49. The van der Waals surface area contributed by atoms with Gasteiger partial charge in [-0.15, -0.1) is 22.7 Å². The fourth-order valence-electron chi connectivity index (χ4n) is 3.34. The quantitative estimate of drug-likeness (QED) is 0.849. The van der Waals surface area contributed by atoms with Gasteiger partial charge in [-0.2, -0.15) is 0 Å². The first-order valence-electron chi connectivity index (χ1n) is 7.68. The number of nitrogens with one attached hydrogen (secondary N) is 1. The lowest BCUT2D eigenvalue weighted by atomic mass is 9.77. The molecular formula is C17H23NOS2. The summed E-state index contributed by atoms with van der Waals surface area (Å²) in [5.74, 6) is 0.711. The molecule has 2 atom stereocenters. The van der Waals surface area contributed by atoms with Gasteiger partial charge in [-0.1, -0.05) is 25.8 Å². The summed E-state index contributed by atoms with van der Waals surface area (Å²) in [7, 11) is 0. The van der Waals surface area contributed by atoms with Crippen LogP contribution in [0.4, 0.5) is 0 Å². The zero-order valence-electron chi connectivity index (χ0n) is 12.5. The largest absolute Gasteiger partial charge is 0.394 e. The third-order valence-corrected chi connectivity index (χ3v) is 6.35. The Kier molecular flexibility index (Phi) is 4.79. The molecule has 2 aromatic rings. The van der Waals surface area contributed by atoms with Crippen LogP contribution >= 0.6 is 22.7 Å². The molecule has 0 bridgehead atoms. The van der Waals surface area contributed by atoms with Crippen molar-refractivity contribution in [1.29, 1.82) is 0 Å². The fourth-order valence-corrected chi connectivity index (χ4v) is 4.95. The van der Waals surface area contributed by atoms with Crippen molar-refractivity contribution in [2.75, 3.05) is 6.61 Å². The van der Waals surface area contributed by atoms with Crippen molar-refractivity contribution in [3.8, 4) is 10.4 Å². The number of rotatable bonds is 5. The minimum absolute atomic E-state index is 0.0647. The highest BCUT2D eigenvalue weighted by Crippen LogP contribution is 2.33. The van der Waals surface area contributed by atoms with E-state index in [1.165, 1.54) is 28.2 Å². The third kappa shape index (κ3) is 3.57. The van der Waals surface area contributed by atoms with Crippen molar-refractivity contribution in [2.45, 2.75) is 44.7 Å². The van der Waals surface area contributed by atoms with Crippen LogP contribution in [0, 0.1) is 5.92 Å². The van der Waals surface area contributed by atoms with E-state index in [1.54, 1.807) is 11.3 Å². The second kappa shape index (κ2) is 6.61. The van der Waals surface area contributed by atoms with Crippen LogP contribution in [0.5, 0.6) is 0 Å². The monoisotopic (exact) mass is 321 g/mol. The van der Waals surface area contributed by atoms with Crippen LogP contribution in [0.1, 0.15) is 37.5 Å². The Bertz CT molecular complexity index is 563. The van der Waals surface area contributed by atoms with Crippen molar-refractivity contribution in [3.63, 3.8) is 0 Å². The second-order valence-electron chi connectivity index (χ2n) is 6.27. The first-order chi connectivity index (χ1) is 10.2. The van der Waals surface area contributed by atoms with Gasteiger partial charge in [0.1, 0.15) is 0 Å². The van der Waals surface area contributed by atoms with E-state index in [1.807, 2.05) is 11.3 Å². The summed E-state index contributed by atoms with van der Waals surface area (Å²) in [6.07, 6.45) is 4.70. The van der Waals surface area contributed by atoms with Gasteiger partial charge >= 0.3 is 0 Å². The number of aliphatic hydroxyl groups is 1. The smallest absolute Gasteiger partial charge is 0.0613 e. The molecule has 0 amide bonds. The Morgan fingerprint density at radius 2 is 2.33 bits per heavy atom. The Morgan fingerprint density at radius 1 is 1.43 bits per heavy atom. The van der Waals surface area contributed by atoms with Crippen LogP contribution in [-0.4, -0.2) is 17.3 Å². The molecule has 0 saturated heterocycles. The summed E-state index contributed by atoms with van der Waals surface area (Å²) < 4.78 is 0. The number of aliphatic hydroxyl groups excluding tert-OH is 1. The van der Waals surface area contributed by atoms with Crippen molar-refractivity contribution in [2.24, 2.45) is 5.92 Å². The predicted octanol–water partition coefficient (Wildman–Crippen LogP) is 4.51. The van der Waals surface area contributed by atoms with Gasteiger partial charge in [0.15, 0.2) is 0 Å². The van der Waals surface area contributed by atoms with Crippen molar-refractivity contribution < 1.29 is 5.11 Å². The molecule has 2 nitrogen and oxygen atoms in total. The molecule has 0 radical (unpaired) electrons. The van der Waals surface area contributed by atoms with Gasteiger partial charge in [-0.25, -0.2) is 0 Å². The first-order valence-corrected chi connectivity index (χ1v) is 9.44. The van der Waals surface area contributed by atoms with Crippen LogP contribution in [0.2, 0.25) is 0 Å². The van der Waals surface area contributed by atoms with E-state index < -0.39 is 0 Å². The molecule has 2 aromatic heterocycles. The Labute approximate surface area is 134 Å². The van der Waals surface area contributed by atoms with Crippen molar-refractivity contribution in [1.82, 2.24) is 5.32 Å². The minimum Gasteiger partial charge on any atom is -0.394 e. The molecule has 2 heterocycles. The average Bonchev–Trinajstić information content (AvgIpc) is 3.16. The maximum absolute atomic E-state index is 9.84. The summed E-state index contributed by atoms with van der Waals surface area (Å²) in [6, 6.07) is 6.54. The molecule has 1 aliphatic carbocycles. The zero-order chi connectivity index (χ0) is 14.7. The molecule has 4 heteroatoms. The summed E-state index contributed by atoms with van der Waals surface area (Å²) in [6.45, 7) is 3.41. The highest BCUT2D eigenvalue weighted by Gasteiger charge is 2.33. The molecular weight excluding hydrogens is 298 g/mol. The van der Waals surface area contributed by atoms with Crippen molar-refractivity contribution >= 4 is 22.7 Å². The van der Waals surface area contributed by atoms with Gasteiger partial charge in [-0.05, 0) is 41.7 Å². The minimum atomic E-state index is -0.0647. The summed E-state index contributed by atoms with van der Waals surface area (Å²) in [5.41, 5.74) is 1.26. The van der Waals surface area contributed by atoms with Crippen LogP contribution < -0.4 is 5.32 Å². The topological polar surface area (TPSA) is 32.3 Å². The summed E-state index contributed by atoms with van der Waals surface area (Å²) in [5, 5.41) is 17.8. The lowest BCUT2D eigenvalue weighted by molar-refractivity contribution is 0.0985. The molecule has 21 heavy (non-hydrogen) atoms. The molecule has 3 rings (SSSR count). The molecule has 2 N–H and O–H groups in total. The fraction of sp³-hybridized carbons (Fsp3) is 0.529. The maximum atomic E-state index is 9.84. The molecule has 1 aliphatic rings. The maximum Gasteiger partial charge on any atom is 0.0613 e. The van der Waals surface area contributed by atoms with Gasteiger partial charge in [0.2, 0.25) is 0 Å².